The van der Waals surface area contributed by atoms with E-state index in [1.807, 2.05) is 56.5 Å². The first-order valence-electron chi connectivity index (χ1n) is 15.9. The van der Waals surface area contributed by atoms with E-state index in [0.29, 0.717) is 21.9 Å². The predicted molar refractivity (Wildman–Crippen MR) is 201 cm³/mol. The number of likely N-dealkylation sites (tertiary alicyclic amines) is 1. The number of aliphatic carboxylic acids is 1. The summed E-state index contributed by atoms with van der Waals surface area (Å²) in [7, 11) is 1.95. The van der Waals surface area contributed by atoms with Crippen molar-refractivity contribution in [1.29, 1.82) is 0 Å². The molecule has 12 heteroatoms. The largest absolute Gasteiger partial charge is 0.480 e. The highest BCUT2D eigenvalue weighted by molar-refractivity contribution is 7.11. The Morgan fingerprint density at radius 1 is 1.09 bits per heavy atom. The molecule has 1 aromatic heterocycles. The van der Waals surface area contributed by atoms with Gasteiger partial charge in [-0.05, 0) is 111 Å². The number of likely N-dealkylation sites (N-methyl/N-ethyl adjacent to an activating group) is 1. The molecule has 0 bridgehead atoms. The van der Waals surface area contributed by atoms with Crippen LogP contribution in [0.3, 0.4) is 0 Å². The molecular formula is C35H47Cl5FN3O2S. The molecule has 2 heterocycles. The molecule has 5 nitrogen and oxygen atoms in total. The number of carboxylic acids is 1. The molecule has 2 aromatic carbocycles. The second-order valence-corrected chi connectivity index (χ2v) is 14.9. The van der Waals surface area contributed by atoms with Crippen LogP contribution in [0.5, 0.6) is 0 Å². The van der Waals surface area contributed by atoms with Crippen LogP contribution in [0, 0.1) is 17.7 Å². The molecule has 5 rings (SSSR count). The number of carbonyl (C=O) groups is 1. The summed E-state index contributed by atoms with van der Waals surface area (Å²) < 4.78 is 14.3. The molecule has 3 aromatic rings. The molecule has 2 fully saturated rings. The van der Waals surface area contributed by atoms with Gasteiger partial charge in [-0.1, -0.05) is 62.2 Å². The van der Waals surface area contributed by atoms with E-state index in [4.69, 9.17) is 28.2 Å². The molecule has 4 atom stereocenters. The lowest BCUT2D eigenvalue weighted by atomic mass is 9.87. The topological polar surface area (TPSA) is 56.7 Å². The SMILES string of the molecule is CCc1nc(Cc2ccc(Cl)c(Cl)c2)sc1C1CCN(CC2CC(N(C)[C@@H](C(=O)O)C(C)C)CC2c2cccc(F)c2)CC1.Cl.Cl.Cl. The van der Waals surface area contributed by atoms with Gasteiger partial charge in [-0.3, -0.25) is 9.69 Å². The van der Waals surface area contributed by atoms with Gasteiger partial charge in [-0.15, -0.1) is 48.6 Å². The fourth-order valence-electron chi connectivity index (χ4n) is 7.53. The Balaban J connectivity index is 0.00000256. The van der Waals surface area contributed by atoms with Crippen molar-refractivity contribution in [3.63, 3.8) is 0 Å². The first kappa shape index (κ1) is 42.0. The van der Waals surface area contributed by atoms with Crippen molar-refractivity contribution in [2.45, 2.75) is 83.2 Å². The zero-order chi connectivity index (χ0) is 31.5. The number of piperidine rings is 1. The van der Waals surface area contributed by atoms with Gasteiger partial charge in [-0.2, -0.15) is 0 Å². The zero-order valence-corrected chi connectivity index (χ0v) is 32.1. The summed E-state index contributed by atoms with van der Waals surface area (Å²) >= 11 is 14.2. The van der Waals surface area contributed by atoms with Gasteiger partial charge < -0.3 is 10.0 Å². The van der Waals surface area contributed by atoms with E-state index in [9.17, 15) is 14.3 Å². The van der Waals surface area contributed by atoms with Gasteiger partial charge in [0.2, 0.25) is 0 Å². The average molecular weight is 770 g/mol. The normalized spacial score (nSPS) is 20.8. The maximum atomic E-state index is 14.3. The number of rotatable bonds is 11. The van der Waals surface area contributed by atoms with E-state index >= 15 is 0 Å². The van der Waals surface area contributed by atoms with E-state index < -0.39 is 12.0 Å². The number of aryl methyl sites for hydroxylation is 1. The minimum atomic E-state index is -0.773. The van der Waals surface area contributed by atoms with Gasteiger partial charge in [0.15, 0.2) is 0 Å². The fourth-order valence-corrected chi connectivity index (χ4v) is 9.21. The molecule has 0 amide bonds. The number of thiazole rings is 1. The summed E-state index contributed by atoms with van der Waals surface area (Å²) in [5, 5.41) is 12.2. The van der Waals surface area contributed by atoms with Gasteiger partial charge in [0.05, 0.1) is 20.7 Å². The van der Waals surface area contributed by atoms with Crippen LogP contribution in [0.25, 0.3) is 0 Å². The van der Waals surface area contributed by atoms with Crippen molar-refractivity contribution in [2.75, 3.05) is 26.7 Å². The summed E-state index contributed by atoms with van der Waals surface area (Å²) in [6, 6.07) is 12.4. The third kappa shape index (κ3) is 10.2. The highest BCUT2D eigenvalue weighted by Crippen LogP contribution is 2.44. The molecule has 1 aliphatic heterocycles. The lowest BCUT2D eigenvalue weighted by molar-refractivity contribution is -0.145. The number of hydrogen-bond donors (Lipinski definition) is 1. The molecule has 3 unspecified atom stereocenters. The van der Waals surface area contributed by atoms with Crippen molar-refractivity contribution in [2.24, 2.45) is 11.8 Å². The van der Waals surface area contributed by atoms with Crippen molar-refractivity contribution in [3.8, 4) is 0 Å². The molecule has 1 saturated carbocycles. The van der Waals surface area contributed by atoms with Crippen LogP contribution in [-0.2, 0) is 17.6 Å². The maximum Gasteiger partial charge on any atom is 0.321 e. The van der Waals surface area contributed by atoms with E-state index in [0.717, 1.165) is 74.3 Å². The van der Waals surface area contributed by atoms with Gasteiger partial charge in [0.25, 0.3) is 0 Å². The summed E-state index contributed by atoms with van der Waals surface area (Å²) in [4.78, 5) is 23.2. The van der Waals surface area contributed by atoms with Crippen LogP contribution < -0.4 is 0 Å². The monoisotopic (exact) mass is 767 g/mol. The number of halogens is 6. The first-order chi connectivity index (χ1) is 21.0. The summed E-state index contributed by atoms with van der Waals surface area (Å²) in [5.41, 5.74) is 3.37. The van der Waals surface area contributed by atoms with E-state index in [1.165, 1.54) is 16.6 Å². The molecule has 2 aliphatic rings. The van der Waals surface area contributed by atoms with E-state index in [2.05, 4.69) is 16.7 Å². The zero-order valence-electron chi connectivity index (χ0n) is 27.3. The van der Waals surface area contributed by atoms with Crippen LogP contribution in [0.1, 0.15) is 85.0 Å². The summed E-state index contributed by atoms with van der Waals surface area (Å²) in [5.74, 6) is 0.0752. The number of carboxylic acid groups (broad SMARTS) is 1. The van der Waals surface area contributed by atoms with Crippen molar-refractivity contribution < 1.29 is 14.3 Å². The molecule has 0 spiro atoms. The van der Waals surface area contributed by atoms with E-state index in [-0.39, 0.29) is 60.9 Å². The molecule has 1 aliphatic carbocycles. The van der Waals surface area contributed by atoms with Crippen molar-refractivity contribution in [1.82, 2.24) is 14.8 Å². The van der Waals surface area contributed by atoms with Crippen LogP contribution in [-0.4, -0.2) is 64.6 Å². The summed E-state index contributed by atoms with van der Waals surface area (Å²) in [6.45, 7) is 9.11. The smallest absolute Gasteiger partial charge is 0.321 e. The molecule has 47 heavy (non-hydrogen) atoms. The van der Waals surface area contributed by atoms with Crippen LogP contribution in [0.4, 0.5) is 4.39 Å². The van der Waals surface area contributed by atoms with Crippen molar-refractivity contribution >= 4 is 77.7 Å². The lowest BCUT2D eigenvalue weighted by Gasteiger charge is -2.35. The predicted octanol–water partition coefficient (Wildman–Crippen LogP) is 9.79. The molecule has 1 N–H and O–H groups in total. The second kappa shape index (κ2) is 18.7. The summed E-state index contributed by atoms with van der Waals surface area (Å²) in [6.07, 6.45) is 5.63. The lowest BCUT2D eigenvalue weighted by Crippen LogP contribution is -2.47. The Morgan fingerprint density at radius 3 is 2.38 bits per heavy atom. The Kier molecular flexibility index (Phi) is 16.7. The Hall–Kier alpha value is -1.16. The Labute approximate surface area is 311 Å². The van der Waals surface area contributed by atoms with Crippen LogP contribution >= 0.6 is 71.8 Å². The Bertz CT molecular complexity index is 1450. The van der Waals surface area contributed by atoms with Gasteiger partial charge in [0, 0.05) is 23.9 Å². The highest BCUT2D eigenvalue weighted by atomic mass is 35.5. The maximum absolute atomic E-state index is 14.3. The van der Waals surface area contributed by atoms with Crippen LogP contribution in [0.2, 0.25) is 10.0 Å². The molecule has 262 valence electrons. The molecular weight excluding hydrogens is 723 g/mol. The second-order valence-electron chi connectivity index (χ2n) is 13.0. The first-order valence-corrected chi connectivity index (χ1v) is 17.5. The number of benzene rings is 2. The fraction of sp³-hybridized carbons (Fsp3) is 0.543. The average Bonchev–Trinajstić information content (AvgIpc) is 3.59. The minimum Gasteiger partial charge on any atom is -0.480 e. The minimum absolute atomic E-state index is 0. The molecule has 0 radical (unpaired) electrons. The number of hydrogen-bond acceptors (Lipinski definition) is 5. The highest BCUT2D eigenvalue weighted by Gasteiger charge is 2.42. The third-order valence-corrected chi connectivity index (χ3v) is 11.7. The number of nitrogens with zero attached hydrogens (tertiary/aromatic N) is 3. The standard InChI is InChI=1S/C35H44Cl2FN3O2S.3ClH/c1-5-31-34(44-32(39-31)16-22-9-10-29(36)30(37)15-22)23-11-13-41(14-12-23)20-25-18-27(40(4)33(21(2)3)35(42)43)19-28(25)24-7-6-8-26(38)17-24;;;/h6-10,15,17,21,23,25,27-28,33H,5,11-14,16,18-20H2,1-4H3,(H,42,43);3*1H/t25?,27?,28?,33-;;;/m1.../s1. The van der Waals surface area contributed by atoms with Gasteiger partial charge >= 0.3 is 5.97 Å². The van der Waals surface area contributed by atoms with Crippen molar-refractivity contribution in [3.05, 3.63) is 85.0 Å². The molecule has 1 saturated heterocycles. The third-order valence-electron chi connectivity index (χ3n) is 9.74. The van der Waals surface area contributed by atoms with Gasteiger partial charge in [0.1, 0.15) is 11.9 Å². The van der Waals surface area contributed by atoms with E-state index in [1.54, 1.807) is 12.1 Å². The van der Waals surface area contributed by atoms with Crippen LogP contribution in [0.15, 0.2) is 42.5 Å². The van der Waals surface area contributed by atoms with Gasteiger partial charge in [-0.25, -0.2) is 9.37 Å². The Morgan fingerprint density at radius 2 is 1.79 bits per heavy atom. The number of aromatic nitrogens is 1. The quantitative estimate of drug-likeness (QED) is 0.211.